The maximum atomic E-state index is 14.7. The van der Waals surface area contributed by atoms with Gasteiger partial charge in [0.15, 0.2) is 0 Å². The molecule has 0 aliphatic carbocycles. The van der Waals surface area contributed by atoms with E-state index in [1.807, 2.05) is 0 Å². The number of hydrogen-bond acceptors (Lipinski definition) is 5. The summed E-state index contributed by atoms with van der Waals surface area (Å²) in [5.74, 6) is -2.61. The first-order chi connectivity index (χ1) is 14.0. The molecule has 0 radical (unpaired) electrons. The van der Waals surface area contributed by atoms with Crippen LogP contribution in [0.2, 0.25) is 0 Å². The van der Waals surface area contributed by atoms with Gasteiger partial charge in [0.05, 0.1) is 23.4 Å². The number of fused-ring (bicyclic) bond motifs is 2. The fourth-order valence-corrected chi connectivity index (χ4v) is 3.58. The van der Waals surface area contributed by atoms with E-state index in [2.05, 4.69) is 0 Å². The quantitative estimate of drug-likeness (QED) is 0.529. The van der Waals surface area contributed by atoms with Gasteiger partial charge in [-0.3, -0.25) is 9.59 Å². The Morgan fingerprint density at radius 3 is 2.41 bits per heavy atom. The fraction of sp³-hybridized carbons (Fsp3) is 0.136. The molecule has 0 fully saturated rings. The molecular weight excluding hydrogens is 377 g/mol. The SMILES string of the molecule is CCOc1c2c(c(O)c3ccccc13)C(=O)N(c1ccc(CC=O)cc1F)C2=O. The molecule has 0 unspecified atom stereocenters. The predicted molar refractivity (Wildman–Crippen MR) is 104 cm³/mol. The molecule has 29 heavy (non-hydrogen) atoms. The third-order valence-electron chi connectivity index (χ3n) is 4.84. The van der Waals surface area contributed by atoms with Crippen molar-refractivity contribution >= 4 is 34.6 Å². The third-order valence-corrected chi connectivity index (χ3v) is 4.84. The van der Waals surface area contributed by atoms with Crippen LogP contribution in [0.1, 0.15) is 33.2 Å². The van der Waals surface area contributed by atoms with E-state index in [4.69, 9.17) is 4.74 Å². The second-order valence-electron chi connectivity index (χ2n) is 6.51. The van der Waals surface area contributed by atoms with Crippen LogP contribution in [0.3, 0.4) is 0 Å². The molecule has 0 spiro atoms. The van der Waals surface area contributed by atoms with Crippen molar-refractivity contribution in [1.82, 2.24) is 0 Å². The minimum atomic E-state index is -0.837. The van der Waals surface area contributed by atoms with E-state index < -0.39 is 17.6 Å². The second kappa shape index (κ2) is 7.01. The van der Waals surface area contributed by atoms with Gasteiger partial charge in [-0.25, -0.2) is 9.29 Å². The Bertz CT molecular complexity index is 1190. The van der Waals surface area contributed by atoms with Crippen molar-refractivity contribution in [3.8, 4) is 11.5 Å². The van der Waals surface area contributed by atoms with Crippen molar-refractivity contribution in [3.05, 3.63) is 65.0 Å². The van der Waals surface area contributed by atoms with Gasteiger partial charge in [-0.05, 0) is 24.6 Å². The van der Waals surface area contributed by atoms with Crippen LogP contribution < -0.4 is 9.64 Å². The molecule has 146 valence electrons. The molecule has 0 bridgehead atoms. The molecule has 0 saturated carbocycles. The second-order valence-corrected chi connectivity index (χ2v) is 6.51. The van der Waals surface area contributed by atoms with Crippen LogP contribution in [0.5, 0.6) is 11.5 Å². The first-order valence-electron chi connectivity index (χ1n) is 9.00. The highest BCUT2D eigenvalue weighted by Gasteiger charge is 2.43. The summed E-state index contributed by atoms with van der Waals surface area (Å²) < 4.78 is 20.3. The zero-order valence-electron chi connectivity index (χ0n) is 15.4. The maximum Gasteiger partial charge on any atom is 0.270 e. The highest BCUT2D eigenvalue weighted by Crippen LogP contribution is 2.45. The van der Waals surface area contributed by atoms with Crippen LogP contribution in [0.4, 0.5) is 10.1 Å². The zero-order valence-corrected chi connectivity index (χ0v) is 15.4. The smallest absolute Gasteiger partial charge is 0.270 e. The van der Waals surface area contributed by atoms with Gasteiger partial charge in [0, 0.05) is 17.2 Å². The lowest BCUT2D eigenvalue weighted by atomic mass is 9.99. The van der Waals surface area contributed by atoms with Gasteiger partial charge in [-0.1, -0.05) is 30.3 Å². The van der Waals surface area contributed by atoms with Crippen molar-refractivity contribution in [1.29, 1.82) is 0 Å². The number of hydrogen-bond donors (Lipinski definition) is 1. The fourth-order valence-electron chi connectivity index (χ4n) is 3.58. The predicted octanol–water partition coefficient (Wildman–Crippen LogP) is 3.63. The Kier molecular flexibility index (Phi) is 4.50. The molecule has 3 aromatic carbocycles. The summed E-state index contributed by atoms with van der Waals surface area (Å²) in [7, 11) is 0. The molecule has 6 nitrogen and oxygen atoms in total. The molecule has 1 heterocycles. The number of nitrogens with zero attached hydrogens (tertiary/aromatic N) is 1. The van der Waals surface area contributed by atoms with Crippen molar-refractivity contribution in [2.45, 2.75) is 13.3 Å². The number of aromatic hydroxyl groups is 1. The number of carbonyl (C=O) groups excluding carboxylic acids is 3. The third kappa shape index (κ3) is 2.74. The summed E-state index contributed by atoms with van der Waals surface area (Å²) in [5.41, 5.74) is -0.142. The van der Waals surface area contributed by atoms with Gasteiger partial charge in [0.25, 0.3) is 11.8 Å². The molecule has 0 aromatic heterocycles. The molecule has 3 aromatic rings. The van der Waals surface area contributed by atoms with Crippen LogP contribution in [-0.2, 0) is 11.2 Å². The number of imide groups is 1. The largest absolute Gasteiger partial charge is 0.506 e. The summed E-state index contributed by atoms with van der Waals surface area (Å²) in [5, 5.41) is 11.6. The Morgan fingerprint density at radius 1 is 1.07 bits per heavy atom. The van der Waals surface area contributed by atoms with Gasteiger partial charge >= 0.3 is 0 Å². The van der Waals surface area contributed by atoms with Crippen molar-refractivity contribution in [2.24, 2.45) is 0 Å². The average molecular weight is 393 g/mol. The van der Waals surface area contributed by atoms with Crippen molar-refractivity contribution in [3.63, 3.8) is 0 Å². The summed E-state index contributed by atoms with van der Waals surface area (Å²) >= 11 is 0. The molecule has 1 aliphatic rings. The van der Waals surface area contributed by atoms with Gasteiger partial charge < -0.3 is 14.6 Å². The van der Waals surface area contributed by atoms with E-state index in [1.54, 1.807) is 31.2 Å². The number of ether oxygens (including phenoxy) is 1. The summed E-state index contributed by atoms with van der Waals surface area (Å²) in [4.78, 5) is 37.5. The highest BCUT2D eigenvalue weighted by atomic mass is 19.1. The van der Waals surface area contributed by atoms with Crippen LogP contribution in [-0.4, -0.2) is 29.8 Å². The van der Waals surface area contributed by atoms with E-state index in [-0.39, 0.29) is 41.3 Å². The van der Waals surface area contributed by atoms with Gasteiger partial charge in [0.1, 0.15) is 23.6 Å². The number of halogens is 1. The number of phenolic OH excluding ortho intramolecular Hbond substituents is 1. The lowest BCUT2D eigenvalue weighted by Gasteiger charge is -2.15. The number of aldehydes is 1. The first kappa shape index (κ1) is 18.6. The van der Waals surface area contributed by atoms with Gasteiger partial charge in [-0.15, -0.1) is 0 Å². The minimum absolute atomic E-state index is 0.0139. The Balaban J connectivity index is 1.94. The summed E-state index contributed by atoms with van der Waals surface area (Å²) in [6.45, 7) is 1.97. The van der Waals surface area contributed by atoms with E-state index in [0.29, 0.717) is 27.5 Å². The number of benzene rings is 3. The average Bonchev–Trinajstić information content (AvgIpc) is 2.97. The van der Waals surface area contributed by atoms with Gasteiger partial charge in [-0.2, -0.15) is 0 Å². The van der Waals surface area contributed by atoms with E-state index in [1.165, 1.54) is 12.1 Å². The normalized spacial score (nSPS) is 13.1. The van der Waals surface area contributed by atoms with Crippen LogP contribution in [0, 0.1) is 5.82 Å². The lowest BCUT2D eigenvalue weighted by Crippen LogP contribution is -2.30. The van der Waals surface area contributed by atoms with Gasteiger partial charge in [0.2, 0.25) is 0 Å². The summed E-state index contributed by atoms with van der Waals surface area (Å²) in [6, 6.07) is 10.5. The number of phenols is 1. The number of amides is 2. The Morgan fingerprint density at radius 2 is 1.76 bits per heavy atom. The maximum absolute atomic E-state index is 14.7. The van der Waals surface area contributed by atoms with Crippen LogP contribution in [0.15, 0.2) is 42.5 Å². The lowest BCUT2D eigenvalue weighted by molar-refractivity contribution is -0.107. The number of carbonyl (C=O) groups is 3. The molecular formula is C22H16FNO5. The molecule has 2 amide bonds. The molecule has 0 saturated heterocycles. The standard InChI is InChI=1S/C22H16FNO5/c1-2-29-20-14-6-4-3-5-13(14)19(26)17-18(20)22(28)24(21(17)27)16-8-7-12(9-10-25)11-15(16)23/h3-8,10-11,26H,2,9H2,1H3. The Hall–Kier alpha value is -3.74. The number of rotatable bonds is 5. The van der Waals surface area contributed by atoms with Crippen molar-refractivity contribution in [2.75, 3.05) is 11.5 Å². The molecule has 1 aliphatic heterocycles. The monoisotopic (exact) mass is 393 g/mol. The molecule has 1 N–H and O–H groups in total. The topological polar surface area (TPSA) is 83.9 Å². The molecule has 7 heteroatoms. The highest BCUT2D eigenvalue weighted by molar-refractivity contribution is 6.38. The molecule has 4 rings (SSSR count). The zero-order chi connectivity index (χ0) is 20.7. The minimum Gasteiger partial charge on any atom is -0.506 e. The van der Waals surface area contributed by atoms with E-state index >= 15 is 0 Å². The Labute approximate surface area is 165 Å². The molecule has 0 atom stereocenters. The van der Waals surface area contributed by atoms with Crippen molar-refractivity contribution < 1.29 is 28.6 Å². The van der Waals surface area contributed by atoms with E-state index in [9.17, 15) is 23.9 Å². The first-order valence-corrected chi connectivity index (χ1v) is 9.00. The van der Waals surface area contributed by atoms with Crippen LogP contribution >= 0.6 is 0 Å². The van der Waals surface area contributed by atoms with E-state index in [0.717, 1.165) is 6.07 Å². The van der Waals surface area contributed by atoms with Crippen LogP contribution in [0.25, 0.3) is 10.8 Å². The summed E-state index contributed by atoms with van der Waals surface area (Å²) in [6.07, 6.45) is 0.647. The number of anilines is 1.